The van der Waals surface area contributed by atoms with Crippen LogP contribution in [0.25, 0.3) is 0 Å². The monoisotopic (exact) mass is 621 g/mol. The zero-order valence-corrected chi connectivity index (χ0v) is 28.3. The molecule has 3 rings (SSSR count). The summed E-state index contributed by atoms with van der Waals surface area (Å²) in [6.07, 6.45) is 1.77. The lowest BCUT2D eigenvalue weighted by Crippen LogP contribution is -2.56. The molecule has 45 heavy (non-hydrogen) atoms. The molecule has 0 bridgehead atoms. The highest BCUT2D eigenvalue weighted by Crippen LogP contribution is 2.36. The van der Waals surface area contributed by atoms with Crippen LogP contribution < -0.4 is 10.6 Å². The molecule has 0 radical (unpaired) electrons. The summed E-state index contributed by atoms with van der Waals surface area (Å²) in [5, 5.41) is 5.71. The summed E-state index contributed by atoms with van der Waals surface area (Å²) in [4.78, 5) is 56.7. The Balaban J connectivity index is 2.03. The van der Waals surface area contributed by atoms with Crippen molar-refractivity contribution in [2.45, 2.75) is 123 Å². The molecule has 0 spiro atoms. The molecular weight excluding hydrogens is 570 g/mol. The van der Waals surface area contributed by atoms with Gasteiger partial charge in [-0.15, -0.1) is 0 Å². The number of rotatable bonds is 12. The lowest BCUT2D eigenvalue weighted by atomic mass is 9.97. The Bertz CT molecular complexity index is 1310. The van der Waals surface area contributed by atoms with Crippen molar-refractivity contribution >= 4 is 23.9 Å². The molecule has 3 amide bonds. The normalized spacial score (nSPS) is 15.4. The molecule has 0 saturated heterocycles. The van der Waals surface area contributed by atoms with Crippen molar-refractivity contribution in [1.29, 1.82) is 0 Å². The molecule has 2 N–H and O–H groups in total. The number of nitrogens with zero attached hydrogens (tertiary/aromatic N) is 1. The summed E-state index contributed by atoms with van der Waals surface area (Å²) >= 11 is 0. The van der Waals surface area contributed by atoms with Gasteiger partial charge in [-0.25, -0.2) is 9.59 Å². The van der Waals surface area contributed by atoms with Gasteiger partial charge in [0.2, 0.25) is 11.8 Å². The number of benzene rings is 2. The maximum atomic E-state index is 14.4. The number of carbonyl (C=O) groups is 4. The van der Waals surface area contributed by atoms with Gasteiger partial charge in [0, 0.05) is 12.5 Å². The van der Waals surface area contributed by atoms with Crippen LogP contribution in [0, 0.1) is 5.92 Å². The van der Waals surface area contributed by atoms with E-state index in [-0.39, 0.29) is 24.3 Å². The van der Waals surface area contributed by atoms with Gasteiger partial charge in [-0.2, -0.15) is 0 Å². The molecule has 3 unspecified atom stereocenters. The molecule has 1 saturated carbocycles. The van der Waals surface area contributed by atoms with Crippen LogP contribution in [-0.2, 0) is 36.7 Å². The average molecular weight is 622 g/mol. The Kier molecular flexibility index (Phi) is 11.8. The number of hydrogen-bond acceptors (Lipinski definition) is 6. The number of amides is 3. The SMILES string of the molecule is CCc1ccc(C(C(=O)NC(Cc2ccccc2)C(=O)OC(C)(C)C)N(C(=O)C(NC(=O)OC(C)(C)C)C(C)C)C2CC2)cc1. The van der Waals surface area contributed by atoms with Gasteiger partial charge in [-0.3, -0.25) is 9.59 Å². The number of nitrogens with one attached hydrogen (secondary N) is 2. The lowest BCUT2D eigenvalue weighted by molar-refractivity contribution is -0.159. The van der Waals surface area contributed by atoms with E-state index in [1.165, 1.54) is 0 Å². The molecule has 0 aliphatic heterocycles. The number of carbonyl (C=O) groups excluding carboxylic acids is 4. The van der Waals surface area contributed by atoms with E-state index in [1.807, 2.05) is 75.4 Å². The van der Waals surface area contributed by atoms with E-state index >= 15 is 0 Å². The van der Waals surface area contributed by atoms with Gasteiger partial charge < -0.3 is 25.0 Å². The predicted octanol–water partition coefficient (Wildman–Crippen LogP) is 5.90. The number of alkyl carbamates (subject to hydrolysis) is 1. The molecule has 3 atom stereocenters. The lowest BCUT2D eigenvalue weighted by Gasteiger charge is -2.36. The van der Waals surface area contributed by atoms with Crippen molar-refractivity contribution < 1.29 is 28.7 Å². The Labute approximate surface area is 268 Å². The largest absolute Gasteiger partial charge is 0.458 e. The maximum Gasteiger partial charge on any atom is 0.408 e. The van der Waals surface area contributed by atoms with Crippen LogP contribution in [0.3, 0.4) is 0 Å². The number of ether oxygens (including phenoxy) is 2. The Morgan fingerprint density at radius 2 is 1.40 bits per heavy atom. The van der Waals surface area contributed by atoms with E-state index in [1.54, 1.807) is 46.4 Å². The molecule has 1 fully saturated rings. The van der Waals surface area contributed by atoms with Crippen molar-refractivity contribution in [3.05, 3.63) is 71.3 Å². The second-order valence-electron chi connectivity index (χ2n) is 14.1. The zero-order valence-electron chi connectivity index (χ0n) is 28.3. The van der Waals surface area contributed by atoms with Gasteiger partial charge in [-0.05, 0) is 83.4 Å². The molecule has 246 valence electrons. The fourth-order valence-corrected chi connectivity index (χ4v) is 5.02. The van der Waals surface area contributed by atoms with E-state index in [2.05, 4.69) is 10.6 Å². The van der Waals surface area contributed by atoms with Crippen molar-refractivity contribution in [2.75, 3.05) is 0 Å². The van der Waals surface area contributed by atoms with E-state index < -0.39 is 47.3 Å². The van der Waals surface area contributed by atoms with Gasteiger partial charge in [0.05, 0.1) is 0 Å². The first-order chi connectivity index (χ1) is 21.0. The van der Waals surface area contributed by atoms with Crippen LogP contribution in [0.1, 0.15) is 97.9 Å². The first-order valence-electron chi connectivity index (χ1n) is 16.0. The van der Waals surface area contributed by atoms with Gasteiger partial charge in [0.25, 0.3) is 0 Å². The predicted molar refractivity (Wildman–Crippen MR) is 174 cm³/mol. The topological polar surface area (TPSA) is 114 Å². The summed E-state index contributed by atoms with van der Waals surface area (Å²) in [7, 11) is 0. The summed E-state index contributed by atoms with van der Waals surface area (Å²) < 4.78 is 11.2. The van der Waals surface area contributed by atoms with Crippen LogP contribution in [-0.4, -0.2) is 58.1 Å². The van der Waals surface area contributed by atoms with Crippen molar-refractivity contribution in [1.82, 2.24) is 15.5 Å². The second-order valence-corrected chi connectivity index (χ2v) is 14.1. The molecule has 0 heterocycles. The summed E-state index contributed by atoms with van der Waals surface area (Å²) in [5.74, 6) is -1.72. The fraction of sp³-hybridized carbons (Fsp3) is 0.556. The standard InChI is InChI=1S/C36H51N3O6/c1-10-24-16-18-26(19-17-24)30(31(40)37-28(33(42)44-35(4,5)6)22-25-14-12-11-13-15-25)39(27-20-21-27)32(41)29(23(2)3)38-34(43)45-36(7,8)9/h11-19,23,27-30H,10,20-22H2,1-9H3,(H,37,40)(H,38,43). The smallest absolute Gasteiger partial charge is 0.408 e. The van der Waals surface area contributed by atoms with Crippen molar-refractivity contribution in [3.63, 3.8) is 0 Å². The van der Waals surface area contributed by atoms with Gasteiger partial charge in [0.1, 0.15) is 29.3 Å². The molecule has 9 nitrogen and oxygen atoms in total. The molecule has 1 aliphatic rings. The quantitative estimate of drug-likeness (QED) is 0.285. The van der Waals surface area contributed by atoms with Crippen LogP contribution in [0.5, 0.6) is 0 Å². The summed E-state index contributed by atoms with van der Waals surface area (Å²) in [5.41, 5.74) is 1.05. The minimum absolute atomic E-state index is 0.199. The highest BCUT2D eigenvalue weighted by Gasteiger charge is 2.45. The van der Waals surface area contributed by atoms with Crippen LogP contribution in [0.2, 0.25) is 0 Å². The van der Waals surface area contributed by atoms with E-state index in [0.29, 0.717) is 5.56 Å². The third-order valence-corrected chi connectivity index (χ3v) is 7.32. The van der Waals surface area contributed by atoms with Crippen LogP contribution >= 0.6 is 0 Å². The molecule has 2 aromatic rings. The fourth-order valence-electron chi connectivity index (χ4n) is 5.02. The first-order valence-corrected chi connectivity index (χ1v) is 16.0. The Morgan fingerprint density at radius 1 is 0.822 bits per heavy atom. The van der Waals surface area contributed by atoms with E-state index in [9.17, 15) is 19.2 Å². The van der Waals surface area contributed by atoms with Gasteiger partial charge >= 0.3 is 12.1 Å². The van der Waals surface area contributed by atoms with E-state index in [0.717, 1.165) is 30.4 Å². The maximum absolute atomic E-state index is 14.4. The van der Waals surface area contributed by atoms with E-state index in [4.69, 9.17) is 9.47 Å². The minimum atomic E-state index is -1.04. The zero-order chi connectivity index (χ0) is 33.5. The van der Waals surface area contributed by atoms with Gasteiger partial charge in [-0.1, -0.05) is 75.4 Å². The average Bonchev–Trinajstić information content (AvgIpc) is 3.78. The number of aryl methyl sites for hydroxylation is 1. The Morgan fingerprint density at radius 3 is 1.89 bits per heavy atom. The molecular formula is C36H51N3O6. The molecule has 9 heteroatoms. The molecule has 0 aromatic heterocycles. The minimum Gasteiger partial charge on any atom is -0.458 e. The summed E-state index contributed by atoms with van der Waals surface area (Å²) in [6.45, 7) is 16.3. The van der Waals surface area contributed by atoms with Crippen LogP contribution in [0.4, 0.5) is 4.79 Å². The third-order valence-electron chi connectivity index (χ3n) is 7.32. The molecule has 1 aliphatic carbocycles. The Hall–Kier alpha value is -3.88. The second kappa shape index (κ2) is 14.9. The first kappa shape index (κ1) is 35.6. The number of hydrogen-bond donors (Lipinski definition) is 2. The molecule has 2 aromatic carbocycles. The van der Waals surface area contributed by atoms with Gasteiger partial charge in [0.15, 0.2) is 0 Å². The summed E-state index contributed by atoms with van der Waals surface area (Å²) in [6, 6.07) is 13.8. The highest BCUT2D eigenvalue weighted by molar-refractivity contribution is 5.94. The van der Waals surface area contributed by atoms with Crippen LogP contribution in [0.15, 0.2) is 54.6 Å². The highest BCUT2D eigenvalue weighted by atomic mass is 16.6. The third kappa shape index (κ3) is 10.9. The number of esters is 1. The van der Waals surface area contributed by atoms with Crippen molar-refractivity contribution in [3.8, 4) is 0 Å². The van der Waals surface area contributed by atoms with Crippen molar-refractivity contribution in [2.24, 2.45) is 5.92 Å².